The molecule has 1 saturated heterocycles. The summed E-state index contributed by atoms with van der Waals surface area (Å²) < 4.78 is 4.67. The molecule has 0 aromatic rings. The number of piperazine rings is 1. The van der Waals surface area contributed by atoms with Crippen molar-refractivity contribution in [1.29, 1.82) is 0 Å². The molecule has 0 aliphatic carbocycles. The number of carbonyl (C=O) groups is 2. The zero-order valence-electron chi connectivity index (χ0n) is 15.1. The highest BCUT2D eigenvalue weighted by molar-refractivity contribution is 5.82. The van der Waals surface area contributed by atoms with Crippen molar-refractivity contribution >= 4 is 12.0 Å². The second-order valence-electron chi connectivity index (χ2n) is 6.62. The predicted molar refractivity (Wildman–Crippen MR) is 86.6 cm³/mol. The third-order valence-electron chi connectivity index (χ3n) is 3.45. The van der Waals surface area contributed by atoms with Crippen molar-refractivity contribution in [2.45, 2.75) is 53.6 Å². The van der Waals surface area contributed by atoms with Crippen molar-refractivity contribution < 1.29 is 19.4 Å². The standard InChI is InChI=1S/C14H26N2O4.C2H6/c1-13(2,10-14(3,4)19)11(17)15-6-8-16(9-7-15)12(18)20-5;1-2/h19H,6-10H2,1-5H3;1-2H3. The summed E-state index contributed by atoms with van der Waals surface area (Å²) in [6.45, 7) is 13.1. The normalized spacial score (nSPS) is 15.8. The molecule has 130 valence electrons. The van der Waals surface area contributed by atoms with Crippen LogP contribution in [0.2, 0.25) is 0 Å². The van der Waals surface area contributed by atoms with Gasteiger partial charge in [-0.3, -0.25) is 4.79 Å². The summed E-state index contributed by atoms with van der Waals surface area (Å²) in [6.07, 6.45) is 0.0450. The van der Waals surface area contributed by atoms with Gasteiger partial charge in [0.2, 0.25) is 5.91 Å². The highest BCUT2D eigenvalue weighted by atomic mass is 16.5. The fraction of sp³-hybridized carbons (Fsp3) is 0.875. The van der Waals surface area contributed by atoms with Gasteiger partial charge in [0.05, 0.1) is 12.7 Å². The van der Waals surface area contributed by atoms with Crippen molar-refractivity contribution in [3.63, 3.8) is 0 Å². The minimum absolute atomic E-state index is 0.0177. The van der Waals surface area contributed by atoms with Gasteiger partial charge in [0.15, 0.2) is 0 Å². The van der Waals surface area contributed by atoms with Gasteiger partial charge >= 0.3 is 6.09 Å². The van der Waals surface area contributed by atoms with Gasteiger partial charge in [-0.15, -0.1) is 0 Å². The first-order valence-electron chi connectivity index (χ1n) is 7.91. The molecule has 0 radical (unpaired) electrons. The molecule has 0 unspecified atom stereocenters. The second-order valence-corrected chi connectivity index (χ2v) is 6.62. The Labute approximate surface area is 134 Å². The third kappa shape index (κ3) is 6.22. The molecule has 6 nitrogen and oxygen atoms in total. The molecule has 0 aromatic carbocycles. The van der Waals surface area contributed by atoms with E-state index in [0.717, 1.165) is 0 Å². The lowest BCUT2D eigenvalue weighted by molar-refractivity contribution is -0.145. The van der Waals surface area contributed by atoms with Crippen LogP contribution in [0.25, 0.3) is 0 Å². The Balaban J connectivity index is 0.00000211. The Morgan fingerprint density at radius 2 is 1.41 bits per heavy atom. The van der Waals surface area contributed by atoms with E-state index in [1.165, 1.54) is 7.11 Å². The van der Waals surface area contributed by atoms with Crippen LogP contribution >= 0.6 is 0 Å². The van der Waals surface area contributed by atoms with E-state index in [1.54, 1.807) is 23.6 Å². The van der Waals surface area contributed by atoms with E-state index in [1.807, 2.05) is 27.7 Å². The predicted octanol–water partition coefficient (Wildman–Crippen LogP) is 2.11. The monoisotopic (exact) mass is 316 g/mol. The van der Waals surface area contributed by atoms with Crippen LogP contribution in [-0.4, -0.2) is 65.8 Å². The highest BCUT2D eigenvalue weighted by Gasteiger charge is 2.37. The van der Waals surface area contributed by atoms with E-state index in [0.29, 0.717) is 32.6 Å². The number of ether oxygens (including phenoxy) is 1. The van der Waals surface area contributed by atoms with Crippen LogP contribution < -0.4 is 0 Å². The average molecular weight is 316 g/mol. The van der Waals surface area contributed by atoms with Gasteiger partial charge in [0.25, 0.3) is 0 Å². The molecule has 0 saturated carbocycles. The lowest BCUT2D eigenvalue weighted by Gasteiger charge is -2.39. The lowest BCUT2D eigenvalue weighted by Crippen LogP contribution is -2.54. The Bertz CT molecular complexity index is 367. The van der Waals surface area contributed by atoms with Gasteiger partial charge in [-0.2, -0.15) is 0 Å². The molecule has 1 fully saturated rings. The molecule has 1 N–H and O–H groups in total. The maximum Gasteiger partial charge on any atom is 0.409 e. The number of aliphatic hydroxyl groups is 1. The Morgan fingerprint density at radius 3 is 1.77 bits per heavy atom. The zero-order chi connectivity index (χ0) is 17.6. The number of carbonyl (C=O) groups excluding carboxylic acids is 2. The highest BCUT2D eigenvalue weighted by Crippen LogP contribution is 2.30. The fourth-order valence-electron chi connectivity index (χ4n) is 2.81. The Morgan fingerprint density at radius 1 is 1.00 bits per heavy atom. The Kier molecular flexibility index (Phi) is 7.87. The quantitative estimate of drug-likeness (QED) is 0.866. The first kappa shape index (κ1) is 20.7. The lowest BCUT2D eigenvalue weighted by atomic mass is 9.80. The van der Waals surface area contributed by atoms with Gasteiger partial charge < -0.3 is 19.6 Å². The molecular formula is C16H32N2O4. The topological polar surface area (TPSA) is 70.1 Å². The van der Waals surface area contributed by atoms with Gasteiger partial charge in [-0.1, -0.05) is 27.7 Å². The van der Waals surface area contributed by atoms with E-state index in [-0.39, 0.29) is 12.0 Å². The molecule has 0 atom stereocenters. The van der Waals surface area contributed by atoms with Gasteiger partial charge in [-0.25, -0.2) is 4.79 Å². The van der Waals surface area contributed by atoms with Gasteiger partial charge in [-0.05, 0) is 20.3 Å². The first-order chi connectivity index (χ1) is 10.1. The summed E-state index contributed by atoms with van der Waals surface area (Å²) >= 11 is 0. The van der Waals surface area contributed by atoms with Crippen LogP contribution in [0.1, 0.15) is 48.0 Å². The van der Waals surface area contributed by atoms with Crippen molar-refractivity contribution in [2.75, 3.05) is 33.3 Å². The van der Waals surface area contributed by atoms with E-state index in [2.05, 4.69) is 4.74 Å². The van der Waals surface area contributed by atoms with Crippen LogP contribution in [0.5, 0.6) is 0 Å². The van der Waals surface area contributed by atoms with Crippen molar-refractivity contribution in [1.82, 2.24) is 9.80 Å². The molecule has 1 rings (SSSR count). The van der Waals surface area contributed by atoms with E-state index < -0.39 is 11.0 Å². The largest absolute Gasteiger partial charge is 0.453 e. The summed E-state index contributed by atoms with van der Waals surface area (Å²) in [5.74, 6) is 0.0177. The van der Waals surface area contributed by atoms with Crippen molar-refractivity contribution in [2.24, 2.45) is 5.41 Å². The van der Waals surface area contributed by atoms with Crippen LogP contribution in [-0.2, 0) is 9.53 Å². The maximum atomic E-state index is 12.5. The molecule has 2 amide bonds. The zero-order valence-corrected chi connectivity index (χ0v) is 15.1. The number of amides is 2. The summed E-state index contributed by atoms with van der Waals surface area (Å²) in [7, 11) is 1.35. The number of hydrogen-bond acceptors (Lipinski definition) is 4. The van der Waals surface area contributed by atoms with Gasteiger partial charge in [0.1, 0.15) is 0 Å². The van der Waals surface area contributed by atoms with Crippen LogP contribution in [0.3, 0.4) is 0 Å². The molecular weight excluding hydrogens is 284 g/mol. The van der Waals surface area contributed by atoms with E-state index >= 15 is 0 Å². The molecule has 1 aliphatic heterocycles. The SMILES string of the molecule is CC.COC(=O)N1CCN(C(=O)C(C)(C)CC(C)(C)O)CC1. The summed E-state index contributed by atoms with van der Waals surface area (Å²) in [5.41, 5.74) is -1.50. The van der Waals surface area contributed by atoms with Crippen molar-refractivity contribution in [3.05, 3.63) is 0 Å². The molecule has 0 spiro atoms. The fourth-order valence-corrected chi connectivity index (χ4v) is 2.81. The number of methoxy groups -OCH3 is 1. The van der Waals surface area contributed by atoms with Crippen molar-refractivity contribution in [3.8, 4) is 0 Å². The maximum absolute atomic E-state index is 12.5. The minimum atomic E-state index is -0.882. The number of hydrogen-bond donors (Lipinski definition) is 1. The summed E-state index contributed by atoms with van der Waals surface area (Å²) in [6, 6.07) is 0. The van der Waals surface area contributed by atoms with E-state index in [9.17, 15) is 14.7 Å². The third-order valence-corrected chi connectivity index (χ3v) is 3.45. The van der Waals surface area contributed by atoms with Crippen LogP contribution in [0.4, 0.5) is 4.79 Å². The molecule has 22 heavy (non-hydrogen) atoms. The summed E-state index contributed by atoms with van der Waals surface area (Å²) in [4.78, 5) is 27.3. The van der Waals surface area contributed by atoms with E-state index in [4.69, 9.17) is 0 Å². The summed E-state index contributed by atoms with van der Waals surface area (Å²) in [5, 5.41) is 9.91. The molecule has 1 heterocycles. The van der Waals surface area contributed by atoms with Crippen LogP contribution in [0.15, 0.2) is 0 Å². The second kappa shape index (κ2) is 8.36. The first-order valence-corrected chi connectivity index (χ1v) is 7.91. The number of rotatable bonds is 3. The molecule has 1 aliphatic rings. The van der Waals surface area contributed by atoms with Gasteiger partial charge in [0, 0.05) is 31.6 Å². The minimum Gasteiger partial charge on any atom is -0.453 e. The average Bonchev–Trinajstić information content (AvgIpc) is 2.45. The number of nitrogens with zero attached hydrogens (tertiary/aromatic N) is 2. The van der Waals surface area contributed by atoms with Crippen LogP contribution in [0, 0.1) is 5.41 Å². The molecule has 6 heteroatoms. The molecule has 0 bridgehead atoms. The molecule has 0 aromatic heterocycles. The smallest absolute Gasteiger partial charge is 0.409 e. The Hall–Kier alpha value is -1.30.